The molecule has 34 heavy (non-hydrogen) atoms. The van der Waals surface area contributed by atoms with Crippen LogP contribution in [0.25, 0.3) is 0 Å². The van der Waals surface area contributed by atoms with Crippen LogP contribution in [0.15, 0.2) is 18.2 Å². The van der Waals surface area contributed by atoms with E-state index in [1.807, 2.05) is 0 Å². The van der Waals surface area contributed by atoms with Crippen molar-refractivity contribution >= 4 is 10.1 Å². The maximum Gasteiger partial charge on any atom is 1.00 e. The minimum absolute atomic E-state index is 0. The molecule has 0 aromatic heterocycles. The first-order valence-electron chi connectivity index (χ1n) is 13.6. The van der Waals surface area contributed by atoms with Gasteiger partial charge in [-0.05, 0) is 61.8 Å². The Morgan fingerprint density at radius 2 is 1.18 bits per heavy atom. The van der Waals surface area contributed by atoms with E-state index in [-0.39, 0.29) is 35.3 Å². The Hall–Kier alpha value is -0.0700. The zero-order chi connectivity index (χ0) is 24.2. The molecule has 0 fully saturated rings. The molecule has 0 unspecified atom stereocenters. The van der Waals surface area contributed by atoms with Gasteiger partial charge in [-0.2, -0.15) is 0 Å². The standard InChI is InChI=1S/C28H50O4S.Na/c1-3-5-7-9-11-13-15-19-26-21-22-28(32-23-17-18-24-33(29,30)31)25-27(26)20-16-14-12-10-8-6-4-2;/h21-22,25H,3-20,23-24H2,1-2H3,(H,29,30,31);/q;+1/p-1. The van der Waals surface area contributed by atoms with E-state index in [9.17, 15) is 13.0 Å². The fourth-order valence-electron chi connectivity index (χ4n) is 4.28. The van der Waals surface area contributed by atoms with E-state index in [4.69, 9.17) is 4.74 Å². The van der Waals surface area contributed by atoms with Crippen molar-refractivity contribution in [3.05, 3.63) is 29.3 Å². The molecule has 0 aliphatic carbocycles. The summed E-state index contributed by atoms with van der Waals surface area (Å²) in [4.78, 5) is 0. The van der Waals surface area contributed by atoms with Crippen molar-refractivity contribution in [3.63, 3.8) is 0 Å². The Morgan fingerprint density at radius 1 is 0.676 bits per heavy atom. The van der Waals surface area contributed by atoms with Gasteiger partial charge in [-0.15, -0.1) is 0 Å². The van der Waals surface area contributed by atoms with Crippen molar-refractivity contribution in [3.8, 4) is 5.75 Å². The third-order valence-corrected chi connectivity index (χ3v) is 7.12. The second-order valence-corrected chi connectivity index (χ2v) is 11.0. The molecule has 1 aromatic rings. The number of rotatable bonds is 22. The third kappa shape index (κ3) is 19.2. The van der Waals surface area contributed by atoms with Gasteiger partial charge in [0.05, 0.1) is 16.7 Å². The first-order chi connectivity index (χ1) is 16.0. The number of ether oxygens (including phenoxy) is 1. The summed E-state index contributed by atoms with van der Waals surface area (Å²) in [5.74, 6) is 0.554. The van der Waals surface area contributed by atoms with Gasteiger partial charge in [0.1, 0.15) is 5.75 Å². The molecular weight excluding hydrogens is 455 g/mol. The summed E-state index contributed by atoms with van der Waals surface area (Å²) < 4.78 is 38.0. The van der Waals surface area contributed by atoms with Gasteiger partial charge in [-0.25, -0.2) is 8.42 Å². The molecule has 0 N–H and O–H groups in total. The van der Waals surface area contributed by atoms with Gasteiger partial charge in [0.2, 0.25) is 0 Å². The van der Waals surface area contributed by atoms with Crippen LogP contribution in [0, 0.1) is 0 Å². The molecule has 1 aromatic carbocycles. The maximum atomic E-state index is 10.7. The van der Waals surface area contributed by atoms with Crippen LogP contribution in [0.3, 0.4) is 0 Å². The normalized spacial score (nSPS) is 11.4. The van der Waals surface area contributed by atoms with Crippen molar-refractivity contribution in [1.29, 1.82) is 0 Å². The van der Waals surface area contributed by atoms with E-state index < -0.39 is 10.1 Å². The minimum Gasteiger partial charge on any atom is -0.748 e. The van der Waals surface area contributed by atoms with Crippen molar-refractivity contribution in [1.82, 2.24) is 0 Å². The predicted molar refractivity (Wildman–Crippen MR) is 139 cm³/mol. The summed E-state index contributed by atoms with van der Waals surface area (Å²) in [7, 11) is -4.13. The monoisotopic (exact) mass is 504 g/mol. The van der Waals surface area contributed by atoms with E-state index in [0.717, 1.165) is 18.6 Å². The van der Waals surface area contributed by atoms with Gasteiger partial charge in [0.25, 0.3) is 0 Å². The van der Waals surface area contributed by atoms with Crippen LogP contribution in [0.4, 0.5) is 0 Å². The van der Waals surface area contributed by atoms with Crippen LogP contribution in [0.2, 0.25) is 0 Å². The molecule has 0 saturated heterocycles. The molecular formula is C28H49NaO4S. The molecule has 0 aliphatic heterocycles. The van der Waals surface area contributed by atoms with Gasteiger partial charge < -0.3 is 9.29 Å². The molecule has 0 radical (unpaired) electrons. The molecule has 0 atom stereocenters. The molecule has 192 valence electrons. The number of hydrogen-bond acceptors (Lipinski definition) is 4. The fourth-order valence-corrected chi connectivity index (χ4v) is 4.84. The molecule has 0 saturated carbocycles. The quantitative estimate of drug-likeness (QED) is 0.127. The van der Waals surface area contributed by atoms with Gasteiger partial charge >= 0.3 is 29.6 Å². The molecule has 4 nitrogen and oxygen atoms in total. The summed E-state index contributed by atoms with van der Waals surface area (Å²) >= 11 is 0. The first-order valence-corrected chi connectivity index (χ1v) is 15.2. The van der Waals surface area contributed by atoms with Gasteiger partial charge in [0, 0.05) is 5.75 Å². The predicted octanol–water partition coefficient (Wildman–Crippen LogP) is 4.98. The van der Waals surface area contributed by atoms with Gasteiger partial charge in [0.15, 0.2) is 0 Å². The molecule has 0 bridgehead atoms. The summed E-state index contributed by atoms with van der Waals surface area (Å²) in [6.45, 7) is 4.97. The molecule has 0 amide bonds. The Balaban J connectivity index is 0.0000109. The topological polar surface area (TPSA) is 66.4 Å². The maximum absolute atomic E-state index is 10.7. The zero-order valence-corrected chi connectivity index (χ0v) is 25.2. The molecule has 6 heteroatoms. The second kappa shape index (κ2) is 22.2. The summed E-state index contributed by atoms with van der Waals surface area (Å²) in [5.41, 5.74) is 2.87. The summed E-state index contributed by atoms with van der Waals surface area (Å²) in [6.07, 6.45) is 21.6. The Labute approximate surface area is 233 Å². The zero-order valence-electron chi connectivity index (χ0n) is 22.4. The molecule has 1 rings (SSSR count). The summed E-state index contributed by atoms with van der Waals surface area (Å²) in [5, 5.41) is 0. The van der Waals surface area contributed by atoms with Crippen LogP contribution in [-0.4, -0.2) is 25.3 Å². The first kappa shape index (κ1) is 33.9. The van der Waals surface area contributed by atoms with E-state index >= 15 is 0 Å². The van der Waals surface area contributed by atoms with Crippen LogP contribution in [0.1, 0.15) is 128 Å². The van der Waals surface area contributed by atoms with Crippen molar-refractivity contribution in [2.24, 2.45) is 0 Å². The van der Waals surface area contributed by atoms with Gasteiger partial charge in [-0.3, -0.25) is 0 Å². The number of benzene rings is 1. The van der Waals surface area contributed by atoms with Crippen molar-refractivity contribution in [2.75, 3.05) is 12.4 Å². The number of aryl methyl sites for hydroxylation is 2. The number of unbranched alkanes of at least 4 members (excludes halogenated alkanes) is 13. The SMILES string of the molecule is CCCCCCCCCc1ccc(OCCCCS(=O)(=O)[O-])cc1CCCCCCCCC.[Na+]. The van der Waals surface area contributed by atoms with Crippen LogP contribution < -0.4 is 34.3 Å². The average molecular weight is 505 g/mol. The van der Waals surface area contributed by atoms with Crippen molar-refractivity contribution < 1.29 is 47.3 Å². The van der Waals surface area contributed by atoms with Crippen LogP contribution in [-0.2, 0) is 23.0 Å². The fraction of sp³-hybridized carbons (Fsp3) is 0.786. The summed E-state index contributed by atoms with van der Waals surface area (Å²) in [6, 6.07) is 6.47. The second-order valence-electron chi connectivity index (χ2n) is 9.49. The molecule has 0 spiro atoms. The minimum atomic E-state index is -4.13. The average Bonchev–Trinajstić information content (AvgIpc) is 2.78. The Kier molecular flexibility index (Phi) is 22.1. The van der Waals surface area contributed by atoms with E-state index in [1.165, 1.54) is 101 Å². The number of hydrogen-bond donors (Lipinski definition) is 0. The largest absolute Gasteiger partial charge is 1.00 e. The smallest absolute Gasteiger partial charge is 0.748 e. The molecule has 0 aliphatic rings. The third-order valence-electron chi connectivity index (χ3n) is 6.33. The van der Waals surface area contributed by atoms with E-state index in [2.05, 4.69) is 32.0 Å². The van der Waals surface area contributed by atoms with Crippen molar-refractivity contribution in [2.45, 2.75) is 129 Å². The molecule has 0 heterocycles. The Morgan fingerprint density at radius 3 is 1.71 bits per heavy atom. The van der Waals surface area contributed by atoms with Crippen LogP contribution in [0.5, 0.6) is 5.75 Å². The van der Waals surface area contributed by atoms with Gasteiger partial charge in [-0.1, -0.05) is 97.0 Å². The van der Waals surface area contributed by atoms with E-state index in [1.54, 1.807) is 0 Å². The van der Waals surface area contributed by atoms with E-state index in [0.29, 0.717) is 19.4 Å². The van der Waals surface area contributed by atoms with Crippen LogP contribution >= 0.6 is 0 Å². The Bertz CT molecular complexity index is 706.